The monoisotopic (exact) mass is 295 g/mol. The highest BCUT2D eigenvalue weighted by Crippen LogP contribution is 2.32. The highest BCUT2D eigenvalue weighted by molar-refractivity contribution is 4.74. The number of rotatable bonds is 10. The summed E-state index contributed by atoms with van der Waals surface area (Å²) in [4.78, 5) is 2.36. The van der Waals surface area contributed by atoms with Crippen molar-refractivity contribution in [1.29, 1.82) is 0 Å². The first kappa shape index (κ1) is 19.0. The molecular weight excluding hydrogens is 254 g/mol. The fourth-order valence-electron chi connectivity index (χ4n) is 3.99. The summed E-state index contributed by atoms with van der Waals surface area (Å²) in [6.07, 6.45) is 14.7. The van der Waals surface area contributed by atoms with Crippen LogP contribution in [0.2, 0.25) is 0 Å². The molecule has 1 atom stereocenters. The Labute approximate surface area is 134 Å². The maximum atomic E-state index is 2.47. The lowest BCUT2D eigenvalue weighted by molar-refractivity contribution is 0.212. The minimum absolute atomic E-state index is 0.884. The van der Waals surface area contributed by atoms with Crippen molar-refractivity contribution in [2.24, 2.45) is 23.7 Å². The fraction of sp³-hybridized carbons (Fsp3) is 1.00. The van der Waals surface area contributed by atoms with Gasteiger partial charge in [-0.3, -0.25) is 0 Å². The molecule has 0 spiro atoms. The van der Waals surface area contributed by atoms with Gasteiger partial charge in [-0.05, 0) is 50.6 Å². The molecular formula is C20H41N. The van der Waals surface area contributed by atoms with Gasteiger partial charge in [0.2, 0.25) is 0 Å². The van der Waals surface area contributed by atoms with E-state index in [1.54, 1.807) is 0 Å². The fourth-order valence-corrected chi connectivity index (χ4v) is 3.99. The van der Waals surface area contributed by atoms with Crippen molar-refractivity contribution in [2.75, 3.05) is 20.6 Å². The van der Waals surface area contributed by atoms with E-state index in [-0.39, 0.29) is 0 Å². The van der Waals surface area contributed by atoms with Crippen molar-refractivity contribution in [3.8, 4) is 0 Å². The molecule has 1 aliphatic rings. The van der Waals surface area contributed by atoms with E-state index in [1.165, 1.54) is 70.8 Å². The molecule has 1 nitrogen and oxygen atoms in total. The lowest BCUT2D eigenvalue weighted by atomic mass is 9.79. The van der Waals surface area contributed by atoms with Crippen LogP contribution >= 0.6 is 0 Å². The van der Waals surface area contributed by atoms with Gasteiger partial charge in [0.25, 0.3) is 0 Å². The molecule has 1 rings (SSSR count). The van der Waals surface area contributed by atoms with Crippen LogP contribution < -0.4 is 0 Å². The number of nitrogens with zero attached hydrogens (tertiary/aromatic N) is 1. The third-order valence-electron chi connectivity index (χ3n) is 5.38. The van der Waals surface area contributed by atoms with Crippen LogP contribution in [0.4, 0.5) is 0 Å². The van der Waals surface area contributed by atoms with Crippen molar-refractivity contribution < 1.29 is 0 Å². The molecule has 0 aromatic rings. The van der Waals surface area contributed by atoms with Crippen LogP contribution in [-0.4, -0.2) is 25.5 Å². The Morgan fingerprint density at radius 1 is 0.810 bits per heavy atom. The van der Waals surface area contributed by atoms with Crippen LogP contribution in [0.3, 0.4) is 0 Å². The van der Waals surface area contributed by atoms with Gasteiger partial charge in [-0.15, -0.1) is 0 Å². The van der Waals surface area contributed by atoms with Crippen LogP contribution in [-0.2, 0) is 0 Å². The molecule has 1 heteroatoms. The molecule has 21 heavy (non-hydrogen) atoms. The van der Waals surface area contributed by atoms with Crippen LogP contribution in [0.5, 0.6) is 0 Å². The van der Waals surface area contributed by atoms with E-state index in [2.05, 4.69) is 39.8 Å². The summed E-state index contributed by atoms with van der Waals surface area (Å²) in [7, 11) is 4.43. The Hall–Kier alpha value is -0.0400. The first-order valence-electron chi connectivity index (χ1n) is 9.62. The molecule has 0 aliphatic heterocycles. The molecule has 1 aliphatic carbocycles. The van der Waals surface area contributed by atoms with E-state index in [9.17, 15) is 0 Å². The van der Waals surface area contributed by atoms with Crippen molar-refractivity contribution in [3.63, 3.8) is 0 Å². The summed E-state index contributed by atoms with van der Waals surface area (Å²) in [6.45, 7) is 8.46. The van der Waals surface area contributed by atoms with E-state index in [0.717, 1.165) is 23.7 Å². The molecule has 0 aromatic heterocycles. The van der Waals surface area contributed by atoms with Crippen molar-refractivity contribution in [3.05, 3.63) is 0 Å². The summed E-state index contributed by atoms with van der Waals surface area (Å²) < 4.78 is 0. The molecule has 1 fully saturated rings. The molecule has 0 radical (unpaired) electrons. The van der Waals surface area contributed by atoms with Gasteiger partial charge < -0.3 is 4.90 Å². The van der Waals surface area contributed by atoms with E-state index in [0.29, 0.717) is 0 Å². The summed E-state index contributed by atoms with van der Waals surface area (Å²) >= 11 is 0. The average molecular weight is 296 g/mol. The van der Waals surface area contributed by atoms with E-state index in [1.807, 2.05) is 0 Å². The second kappa shape index (κ2) is 10.6. The van der Waals surface area contributed by atoms with Gasteiger partial charge in [0.15, 0.2) is 0 Å². The largest absolute Gasteiger partial charge is 0.309 e. The quantitative estimate of drug-likeness (QED) is 0.478. The normalized spacial score (nSPS) is 24.7. The van der Waals surface area contributed by atoms with Gasteiger partial charge in [0, 0.05) is 6.54 Å². The van der Waals surface area contributed by atoms with Crippen LogP contribution in [0.15, 0.2) is 0 Å². The summed E-state index contributed by atoms with van der Waals surface area (Å²) in [5.74, 6) is 3.86. The Bertz CT molecular complexity index is 238. The first-order valence-corrected chi connectivity index (χ1v) is 9.62. The van der Waals surface area contributed by atoms with Crippen LogP contribution in [0.25, 0.3) is 0 Å². The SMILES string of the molecule is CC(C)CCCC(C)CCCC1CCC(CN(C)C)CC1. The molecule has 0 bridgehead atoms. The molecule has 1 unspecified atom stereocenters. The zero-order valence-corrected chi connectivity index (χ0v) is 15.5. The molecule has 1 saturated carbocycles. The smallest absolute Gasteiger partial charge is 0.000356 e. The maximum Gasteiger partial charge on any atom is 0.000356 e. The lowest BCUT2D eigenvalue weighted by Crippen LogP contribution is -2.25. The second-order valence-corrected chi connectivity index (χ2v) is 8.51. The molecule has 0 aromatic carbocycles. The lowest BCUT2D eigenvalue weighted by Gasteiger charge is -2.30. The van der Waals surface area contributed by atoms with E-state index in [4.69, 9.17) is 0 Å². The summed E-state index contributed by atoms with van der Waals surface area (Å²) in [5, 5.41) is 0. The van der Waals surface area contributed by atoms with Gasteiger partial charge in [0.1, 0.15) is 0 Å². The van der Waals surface area contributed by atoms with Crippen molar-refractivity contribution in [2.45, 2.75) is 85.0 Å². The van der Waals surface area contributed by atoms with Crippen molar-refractivity contribution in [1.82, 2.24) is 4.90 Å². The minimum atomic E-state index is 0.884. The highest BCUT2D eigenvalue weighted by atomic mass is 15.1. The summed E-state index contributed by atoms with van der Waals surface area (Å²) in [5.41, 5.74) is 0. The van der Waals surface area contributed by atoms with Gasteiger partial charge in [0.05, 0.1) is 0 Å². The van der Waals surface area contributed by atoms with E-state index >= 15 is 0 Å². The Morgan fingerprint density at radius 2 is 1.38 bits per heavy atom. The van der Waals surface area contributed by atoms with Gasteiger partial charge in [-0.2, -0.15) is 0 Å². The number of hydrogen-bond acceptors (Lipinski definition) is 1. The molecule has 0 N–H and O–H groups in total. The van der Waals surface area contributed by atoms with Crippen molar-refractivity contribution >= 4 is 0 Å². The second-order valence-electron chi connectivity index (χ2n) is 8.51. The van der Waals surface area contributed by atoms with E-state index < -0.39 is 0 Å². The molecule has 0 amide bonds. The predicted molar refractivity (Wildman–Crippen MR) is 95.7 cm³/mol. The molecule has 126 valence electrons. The zero-order valence-electron chi connectivity index (χ0n) is 15.5. The average Bonchev–Trinajstić information content (AvgIpc) is 2.39. The van der Waals surface area contributed by atoms with Gasteiger partial charge in [-0.25, -0.2) is 0 Å². The van der Waals surface area contributed by atoms with Gasteiger partial charge in [-0.1, -0.05) is 72.1 Å². The first-order chi connectivity index (χ1) is 9.97. The Balaban J connectivity index is 2.01. The predicted octanol–water partition coefficient (Wildman–Crippen LogP) is 5.99. The topological polar surface area (TPSA) is 3.24 Å². The third-order valence-corrected chi connectivity index (χ3v) is 5.38. The van der Waals surface area contributed by atoms with Gasteiger partial charge >= 0.3 is 0 Å². The third kappa shape index (κ3) is 9.55. The summed E-state index contributed by atoms with van der Waals surface area (Å²) in [6, 6.07) is 0. The zero-order chi connectivity index (χ0) is 15.7. The van der Waals surface area contributed by atoms with Crippen LogP contribution in [0, 0.1) is 23.7 Å². The number of hydrogen-bond donors (Lipinski definition) is 0. The highest BCUT2D eigenvalue weighted by Gasteiger charge is 2.21. The van der Waals surface area contributed by atoms with Crippen LogP contribution in [0.1, 0.15) is 85.0 Å². The Kier molecular flexibility index (Phi) is 9.64. The minimum Gasteiger partial charge on any atom is -0.309 e. The maximum absolute atomic E-state index is 2.47. The standard InChI is InChI=1S/C20H41N/c1-17(2)8-6-9-18(3)10-7-11-19-12-14-20(15-13-19)16-21(4)5/h17-20H,6-16H2,1-5H3. The molecule has 0 heterocycles. The Morgan fingerprint density at radius 3 is 1.95 bits per heavy atom. The molecule has 0 saturated heterocycles.